The number of phenols is 1. The Morgan fingerprint density at radius 1 is 1.50 bits per heavy atom. The Labute approximate surface area is 69.6 Å². The van der Waals surface area contributed by atoms with Gasteiger partial charge in [0, 0.05) is 0 Å². The highest BCUT2D eigenvalue weighted by Gasteiger charge is 2.09. The average molecular weight is 168 g/mol. The number of aryl methyl sites for hydroxylation is 1. The predicted octanol–water partition coefficient (Wildman–Crippen LogP) is 2.04. The van der Waals surface area contributed by atoms with E-state index in [9.17, 15) is 9.18 Å². The van der Waals surface area contributed by atoms with Gasteiger partial charge >= 0.3 is 0 Å². The summed E-state index contributed by atoms with van der Waals surface area (Å²) in [7, 11) is 0. The molecule has 1 aromatic rings. The molecule has 2 nitrogen and oxygen atoms in total. The van der Waals surface area contributed by atoms with Crippen LogP contribution >= 0.6 is 0 Å². The lowest BCUT2D eigenvalue weighted by molar-refractivity contribution is 0.101. The molecule has 0 saturated heterocycles. The molecule has 0 amide bonds. The smallest absolute Gasteiger partial charge is 0.162 e. The van der Waals surface area contributed by atoms with Crippen molar-refractivity contribution in [1.82, 2.24) is 0 Å². The molecular weight excluding hydrogens is 159 g/mol. The van der Waals surface area contributed by atoms with Gasteiger partial charge in [0.25, 0.3) is 0 Å². The zero-order chi connectivity index (χ0) is 9.30. The van der Waals surface area contributed by atoms with Crippen LogP contribution in [0, 0.1) is 12.7 Å². The predicted molar refractivity (Wildman–Crippen MR) is 42.8 cm³/mol. The number of hydrogen-bond donors (Lipinski definition) is 1. The third-order valence-corrected chi connectivity index (χ3v) is 1.66. The van der Waals surface area contributed by atoms with E-state index in [0.717, 1.165) is 12.1 Å². The third kappa shape index (κ3) is 1.44. The van der Waals surface area contributed by atoms with Crippen LogP contribution in [-0.4, -0.2) is 10.9 Å². The Kier molecular flexibility index (Phi) is 2.13. The van der Waals surface area contributed by atoms with Crippen molar-refractivity contribution in [3.63, 3.8) is 0 Å². The lowest BCUT2D eigenvalue weighted by Gasteiger charge is -2.02. The maximum atomic E-state index is 12.9. The minimum absolute atomic E-state index is 0.0541. The van der Waals surface area contributed by atoms with Crippen LogP contribution in [0.2, 0.25) is 0 Å². The Bertz CT molecular complexity index is 332. The van der Waals surface area contributed by atoms with Gasteiger partial charge in [-0.2, -0.15) is 0 Å². The van der Waals surface area contributed by atoms with E-state index in [0.29, 0.717) is 5.56 Å². The van der Waals surface area contributed by atoms with Crippen molar-refractivity contribution in [3.8, 4) is 5.75 Å². The molecule has 0 fully saturated rings. The van der Waals surface area contributed by atoms with Crippen LogP contribution in [0.5, 0.6) is 5.75 Å². The lowest BCUT2D eigenvalue weighted by Crippen LogP contribution is -1.97. The minimum Gasteiger partial charge on any atom is -0.508 e. The van der Waals surface area contributed by atoms with Gasteiger partial charge in [-0.05, 0) is 31.5 Å². The van der Waals surface area contributed by atoms with Crippen molar-refractivity contribution in [2.45, 2.75) is 13.8 Å². The van der Waals surface area contributed by atoms with E-state index in [-0.39, 0.29) is 17.1 Å². The van der Waals surface area contributed by atoms with E-state index in [2.05, 4.69) is 0 Å². The van der Waals surface area contributed by atoms with Gasteiger partial charge in [-0.15, -0.1) is 0 Å². The molecule has 0 aliphatic heterocycles. The van der Waals surface area contributed by atoms with Gasteiger partial charge in [-0.3, -0.25) is 4.79 Å². The Hall–Kier alpha value is -1.38. The number of carbonyl (C=O) groups is 1. The summed E-state index contributed by atoms with van der Waals surface area (Å²) in [6.45, 7) is 2.83. The molecule has 0 aliphatic carbocycles. The van der Waals surface area contributed by atoms with E-state index < -0.39 is 5.82 Å². The second-order valence-corrected chi connectivity index (χ2v) is 2.67. The Morgan fingerprint density at radius 2 is 2.08 bits per heavy atom. The van der Waals surface area contributed by atoms with Crippen molar-refractivity contribution in [2.24, 2.45) is 0 Å². The first-order valence-electron chi connectivity index (χ1n) is 3.52. The largest absolute Gasteiger partial charge is 0.508 e. The molecule has 0 atom stereocenters. The molecule has 0 unspecified atom stereocenters. The first-order chi connectivity index (χ1) is 5.52. The van der Waals surface area contributed by atoms with Crippen molar-refractivity contribution >= 4 is 5.78 Å². The van der Waals surface area contributed by atoms with E-state index >= 15 is 0 Å². The average Bonchev–Trinajstić information content (AvgIpc) is 1.96. The van der Waals surface area contributed by atoms with Gasteiger partial charge in [0.15, 0.2) is 5.78 Å². The molecule has 3 heteroatoms. The Balaban J connectivity index is 3.33. The number of phenolic OH excluding ortho intramolecular Hbond substituents is 1. The number of aromatic hydroxyl groups is 1. The van der Waals surface area contributed by atoms with Crippen LogP contribution in [-0.2, 0) is 0 Å². The molecule has 0 saturated carbocycles. The molecule has 64 valence electrons. The van der Waals surface area contributed by atoms with Crippen molar-refractivity contribution in [2.75, 3.05) is 0 Å². The van der Waals surface area contributed by atoms with Crippen molar-refractivity contribution < 1.29 is 14.3 Å². The molecule has 1 aromatic carbocycles. The molecule has 12 heavy (non-hydrogen) atoms. The summed E-state index contributed by atoms with van der Waals surface area (Å²) in [6, 6.07) is 2.29. The SMILES string of the molecule is CC(=O)c1cc(O)c(C)cc1F. The number of hydrogen-bond acceptors (Lipinski definition) is 2. The highest BCUT2D eigenvalue weighted by molar-refractivity contribution is 5.94. The zero-order valence-corrected chi connectivity index (χ0v) is 6.89. The molecule has 1 rings (SSSR count). The van der Waals surface area contributed by atoms with E-state index in [1.54, 1.807) is 6.92 Å². The van der Waals surface area contributed by atoms with Crippen LogP contribution in [0.4, 0.5) is 4.39 Å². The quantitative estimate of drug-likeness (QED) is 0.651. The minimum atomic E-state index is -0.585. The summed E-state index contributed by atoms with van der Waals surface area (Å²) < 4.78 is 12.9. The molecule has 0 heterocycles. The van der Waals surface area contributed by atoms with Crippen LogP contribution in [0.15, 0.2) is 12.1 Å². The summed E-state index contributed by atoms with van der Waals surface area (Å²) in [5, 5.41) is 9.15. The van der Waals surface area contributed by atoms with Gasteiger partial charge in [-0.25, -0.2) is 4.39 Å². The maximum Gasteiger partial charge on any atom is 0.162 e. The molecule has 0 radical (unpaired) electrons. The molecule has 0 aromatic heterocycles. The summed E-state index contributed by atoms with van der Waals surface area (Å²) in [5.41, 5.74) is 0.357. The fourth-order valence-electron chi connectivity index (χ4n) is 0.931. The maximum absolute atomic E-state index is 12.9. The first-order valence-corrected chi connectivity index (χ1v) is 3.52. The van der Waals surface area contributed by atoms with Gasteiger partial charge < -0.3 is 5.11 Å². The highest BCUT2D eigenvalue weighted by Crippen LogP contribution is 2.20. The zero-order valence-electron chi connectivity index (χ0n) is 6.89. The number of carbonyl (C=O) groups excluding carboxylic acids is 1. The fourth-order valence-corrected chi connectivity index (χ4v) is 0.931. The van der Waals surface area contributed by atoms with E-state index in [4.69, 9.17) is 5.11 Å². The number of Topliss-reactive ketones (excluding diaryl/α,β-unsaturated/α-hetero) is 1. The number of halogens is 1. The van der Waals surface area contributed by atoms with Crippen molar-refractivity contribution in [1.29, 1.82) is 0 Å². The van der Waals surface area contributed by atoms with E-state index in [1.165, 1.54) is 6.92 Å². The van der Waals surface area contributed by atoms with Gasteiger partial charge in [0.1, 0.15) is 11.6 Å². The van der Waals surface area contributed by atoms with Crippen molar-refractivity contribution in [3.05, 3.63) is 29.1 Å². The molecule has 0 aliphatic rings. The third-order valence-electron chi connectivity index (χ3n) is 1.66. The second kappa shape index (κ2) is 2.93. The summed E-state index contributed by atoms with van der Waals surface area (Å²) in [5.74, 6) is -1.03. The molecular formula is C9H9FO2. The molecule has 1 N–H and O–H groups in total. The molecule has 0 spiro atoms. The topological polar surface area (TPSA) is 37.3 Å². The van der Waals surface area contributed by atoms with Gasteiger partial charge in [0.2, 0.25) is 0 Å². The number of rotatable bonds is 1. The van der Waals surface area contributed by atoms with Crippen LogP contribution in [0.1, 0.15) is 22.8 Å². The highest BCUT2D eigenvalue weighted by atomic mass is 19.1. The van der Waals surface area contributed by atoms with Gasteiger partial charge in [0.05, 0.1) is 5.56 Å². The standard InChI is InChI=1S/C9H9FO2/c1-5-3-8(10)7(6(2)11)4-9(5)12/h3-4,12H,1-2H3. The number of benzene rings is 1. The normalized spacial score (nSPS) is 9.92. The summed E-state index contributed by atoms with van der Waals surface area (Å²) in [4.78, 5) is 10.8. The van der Waals surface area contributed by atoms with Crippen LogP contribution in [0.25, 0.3) is 0 Å². The first kappa shape index (κ1) is 8.71. The van der Waals surface area contributed by atoms with Gasteiger partial charge in [-0.1, -0.05) is 0 Å². The monoisotopic (exact) mass is 168 g/mol. The van der Waals surface area contributed by atoms with Crippen LogP contribution in [0.3, 0.4) is 0 Å². The number of ketones is 1. The lowest BCUT2D eigenvalue weighted by atomic mass is 10.1. The second-order valence-electron chi connectivity index (χ2n) is 2.67. The summed E-state index contributed by atoms with van der Waals surface area (Å²) >= 11 is 0. The van der Waals surface area contributed by atoms with Crippen LogP contribution < -0.4 is 0 Å². The summed E-state index contributed by atoms with van der Waals surface area (Å²) in [6.07, 6.45) is 0. The molecule has 0 bridgehead atoms. The Morgan fingerprint density at radius 3 is 2.58 bits per heavy atom. The fraction of sp³-hybridized carbons (Fsp3) is 0.222. The van der Waals surface area contributed by atoms with E-state index in [1.807, 2.05) is 0 Å².